The Balaban J connectivity index is 2.27. The van der Waals surface area contributed by atoms with Crippen LogP contribution in [0.2, 0.25) is 0 Å². The monoisotopic (exact) mass is 285 g/mol. The molecule has 0 bridgehead atoms. The predicted octanol–water partition coefficient (Wildman–Crippen LogP) is -0.713. The molecule has 9 heteroatoms. The average molecular weight is 285 g/mol. The normalized spacial score (nSPS) is 13.5. The summed E-state index contributed by atoms with van der Waals surface area (Å²) in [7, 11) is -3.92. The summed E-state index contributed by atoms with van der Waals surface area (Å²) in [5.74, 6) is -1.50. The second kappa shape index (κ2) is 4.96. The predicted molar refractivity (Wildman–Crippen MR) is 64.9 cm³/mol. The number of sulfonamides is 1. The Morgan fingerprint density at radius 1 is 1.53 bits per heavy atom. The van der Waals surface area contributed by atoms with E-state index in [9.17, 15) is 13.2 Å². The molecule has 102 valence electrons. The molecular formula is C10H11N3O5S. The van der Waals surface area contributed by atoms with Crippen molar-refractivity contribution in [1.29, 1.82) is 0 Å². The maximum atomic E-state index is 12.0. The number of aromatic nitrogens is 2. The molecule has 2 rings (SSSR count). The van der Waals surface area contributed by atoms with Gasteiger partial charge < -0.3 is 15.2 Å². The van der Waals surface area contributed by atoms with Gasteiger partial charge in [-0.3, -0.25) is 0 Å². The number of carboxylic acid groups (broad SMARTS) is 1. The third-order valence-corrected chi connectivity index (χ3v) is 3.92. The summed E-state index contributed by atoms with van der Waals surface area (Å²) in [6, 6.07) is 3.16. The quantitative estimate of drug-likeness (QED) is 0.573. The molecule has 1 unspecified atom stereocenters. The zero-order valence-corrected chi connectivity index (χ0v) is 10.4. The highest BCUT2D eigenvalue weighted by Gasteiger charge is 2.22. The van der Waals surface area contributed by atoms with E-state index in [4.69, 9.17) is 10.2 Å². The number of hydrogen-bond donors (Lipinski definition) is 4. The van der Waals surface area contributed by atoms with E-state index >= 15 is 0 Å². The van der Waals surface area contributed by atoms with Crippen molar-refractivity contribution in [2.45, 2.75) is 11.0 Å². The van der Waals surface area contributed by atoms with Gasteiger partial charge in [0.25, 0.3) is 0 Å². The Morgan fingerprint density at radius 2 is 2.26 bits per heavy atom. The first-order valence-electron chi connectivity index (χ1n) is 5.24. The zero-order chi connectivity index (χ0) is 14.0. The number of nitrogens with one attached hydrogen (secondary N) is 2. The first-order chi connectivity index (χ1) is 8.92. The highest BCUT2D eigenvalue weighted by atomic mass is 32.2. The van der Waals surface area contributed by atoms with Crippen molar-refractivity contribution in [2.75, 3.05) is 6.54 Å². The number of pyridine rings is 1. The largest absolute Gasteiger partial charge is 0.479 e. The summed E-state index contributed by atoms with van der Waals surface area (Å²) in [4.78, 5) is 17.0. The van der Waals surface area contributed by atoms with Gasteiger partial charge in [-0.1, -0.05) is 0 Å². The molecule has 0 aliphatic heterocycles. The molecule has 4 N–H and O–H groups in total. The molecule has 0 saturated carbocycles. The molecule has 8 nitrogen and oxygen atoms in total. The van der Waals surface area contributed by atoms with Crippen LogP contribution in [0, 0.1) is 0 Å². The van der Waals surface area contributed by atoms with Crippen molar-refractivity contribution >= 4 is 27.0 Å². The molecule has 0 fully saturated rings. The Morgan fingerprint density at radius 3 is 2.95 bits per heavy atom. The van der Waals surface area contributed by atoms with Crippen LogP contribution >= 0.6 is 0 Å². The number of aliphatic carboxylic acids is 1. The lowest BCUT2D eigenvalue weighted by atomic mass is 10.3. The Labute approximate surface area is 108 Å². The number of fused-ring (bicyclic) bond motifs is 1. The van der Waals surface area contributed by atoms with E-state index in [0.717, 1.165) is 0 Å². The molecule has 0 spiro atoms. The molecule has 19 heavy (non-hydrogen) atoms. The molecule has 0 aliphatic rings. The van der Waals surface area contributed by atoms with E-state index in [1.165, 1.54) is 12.4 Å². The number of hydrogen-bond acceptors (Lipinski definition) is 5. The number of aliphatic hydroxyl groups excluding tert-OH is 1. The van der Waals surface area contributed by atoms with E-state index in [1.54, 1.807) is 12.1 Å². The first-order valence-corrected chi connectivity index (χ1v) is 6.73. The van der Waals surface area contributed by atoms with E-state index in [2.05, 4.69) is 9.97 Å². The van der Waals surface area contributed by atoms with Crippen molar-refractivity contribution in [3.8, 4) is 0 Å². The first kappa shape index (κ1) is 13.5. The Kier molecular flexibility index (Phi) is 3.51. The van der Waals surface area contributed by atoms with Crippen LogP contribution in [-0.2, 0) is 14.8 Å². The third kappa shape index (κ3) is 2.72. The Hall–Kier alpha value is -1.97. The summed E-state index contributed by atoms with van der Waals surface area (Å²) in [5.41, 5.74) is 0.404. The van der Waals surface area contributed by atoms with Crippen LogP contribution in [0.15, 0.2) is 29.4 Å². The van der Waals surface area contributed by atoms with Crippen molar-refractivity contribution in [1.82, 2.24) is 14.7 Å². The highest BCUT2D eigenvalue weighted by molar-refractivity contribution is 7.89. The van der Waals surface area contributed by atoms with Gasteiger partial charge in [-0.05, 0) is 12.1 Å². The maximum Gasteiger partial charge on any atom is 0.333 e. The summed E-state index contributed by atoms with van der Waals surface area (Å²) < 4.78 is 26.0. The average Bonchev–Trinajstić information content (AvgIpc) is 2.80. The topological polar surface area (TPSA) is 132 Å². The van der Waals surface area contributed by atoms with Gasteiger partial charge in [0.05, 0.1) is 0 Å². The van der Waals surface area contributed by atoms with Crippen molar-refractivity contribution < 1.29 is 23.4 Å². The van der Waals surface area contributed by atoms with Gasteiger partial charge in [0.15, 0.2) is 6.10 Å². The minimum Gasteiger partial charge on any atom is -0.479 e. The van der Waals surface area contributed by atoms with Gasteiger partial charge >= 0.3 is 5.97 Å². The summed E-state index contributed by atoms with van der Waals surface area (Å²) in [6.07, 6.45) is 0.974. The van der Waals surface area contributed by atoms with E-state index in [0.29, 0.717) is 11.0 Å². The fourth-order valence-electron chi connectivity index (χ4n) is 1.51. The number of H-pyrrole nitrogens is 1. The molecule has 2 aromatic rings. The standard InChI is InChI=1S/C10H11N3O5S/c14-7(10(15)16)4-13-19(17,18)8-5-12-9-6(8)2-1-3-11-9/h1-3,5,7,13-14H,4H2,(H,11,12)(H,15,16). The van der Waals surface area contributed by atoms with Crippen LogP contribution in [0.25, 0.3) is 11.0 Å². The van der Waals surface area contributed by atoms with Gasteiger partial charge in [0.1, 0.15) is 10.5 Å². The fourth-order valence-corrected chi connectivity index (χ4v) is 2.71. The third-order valence-electron chi connectivity index (χ3n) is 2.45. The van der Waals surface area contributed by atoms with Crippen molar-refractivity contribution in [3.63, 3.8) is 0 Å². The molecule has 1 atom stereocenters. The van der Waals surface area contributed by atoms with Gasteiger partial charge in [-0.2, -0.15) is 0 Å². The molecule has 0 aromatic carbocycles. The van der Waals surface area contributed by atoms with Gasteiger partial charge in [-0.15, -0.1) is 0 Å². The van der Waals surface area contributed by atoms with E-state index in [-0.39, 0.29) is 4.90 Å². The number of carboxylic acids is 1. The number of nitrogens with zero attached hydrogens (tertiary/aromatic N) is 1. The fraction of sp³-hybridized carbons (Fsp3) is 0.200. The molecular weight excluding hydrogens is 274 g/mol. The van der Waals surface area contributed by atoms with Crippen LogP contribution in [0.4, 0.5) is 0 Å². The van der Waals surface area contributed by atoms with Crippen molar-refractivity contribution in [2.24, 2.45) is 0 Å². The van der Waals surface area contributed by atoms with Crippen LogP contribution in [0.5, 0.6) is 0 Å². The Bertz CT molecular complexity index is 709. The van der Waals surface area contributed by atoms with Crippen LogP contribution in [-0.4, -0.2) is 47.2 Å². The second-order valence-electron chi connectivity index (χ2n) is 3.76. The van der Waals surface area contributed by atoms with E-state index in [1.807, 2.05) is 4.72 Å². The molecule has 0 saturated heterocycles. The van der Waals surface area contributed by atoms with E-state index < -0.39 is 28.6 Å². The zero-order valence-electron chi connectivity index (χ0n) is 9.57. The minimum absolute atomic E-state index is 0.0480. The minimum atomic E-state index is -3.92. The number of carbonyl (C=O) groups is 1. The van der Waals surface area contributed by atoms with Crippen LogP contribution in [0.3, 0.4) is 0 Å². The summed E-state index contributed by atoms with van der Waals surface area (Å²) in [6.45, 7) is -0.607. The van der Waals surface area contributed by atoms with Crippen LogP contribution < -0.4 is 4.72 Å². The van der Waals surface area contributed by atoms with Gasteiger partial charge in [-0.25, -0.2) is 22.9 Å². The maximum absolute atomic E-state index is 12.0. The lowest BCUT2D eigenvalue weighted by Crippen LogP contribution is -2.36. The SMILES string of the molecule is O=C(O)C(O)CNS(=O)(=O)c1c[nH]c2ncccc12. The van der Waals surface area contributed by atoms with Gasteiger partial charge in [0.2, 0.25) is 10.0 Å². The lowest BCUT2D eigenvalue weighted by molar-refractivity contribution is -0.146. The second-order valence-corrected chi connectivity index (χ2v) is 5.49. The summed E-state index contributed by atoms with van der Waals surface area (Å²) in [5, 5.41) is 17.9. The summed E-state index contributed by atoms with van der Waals surface area (Å²) >= 11 is 0. The number of aliphatic hydroxyl groups is 1. The molecule has 0 amide bonds. The smallest absolute Gasteiger partial charge is 0.333 e. The number of aromatic amines is 1. The van der Waals surface area contributed by atoms with Crippen molar-refractivity contribution in [3.05, 3.63) is 24.5 Å². The molecule has 2 aromatic heterocycles. The van der Waals surface area contributed by atoms with Crippen LogP contribution in [0.1, 0.15) is 0 Å². The molecule has 0 radical (unpaired) electrons. The molecule has 0 aliphatic carbocycles. The lowest BCUT2D eigenvalue weighted by Gasteiger charge is -2.07. The number of rotatable bonds is 5. The molecule has 2 heterocycles. The van der Waals surface area contributed by atoms with Gasteiger partial charge in [0, 0.05) is 24.3 Å². The highest BCUT2D eigenvalue weighted by Crippen LogP contribution is 2.20.